The first-order valence-corrected chi connectivity index (χ1v) is 8.56. The highest BCUT2D eigenvalue weighted by Crippen LogP contribution is 2.25. The summed E-state index contributed by atoms with van der Waals surface area (Å²) in [7, 11) is -3.48. The van der Waals surface area contributed by atoms with Crippen molar-refractivity contribution in [2.45, 2.75) is 36.3 Å². The van der Waals surface area contributed by atoms with Crippen LogP contribution in [0.15, 0.2) is 28.6 Å². The van der Waals surface area contributed by atoms with Crippen molar-refractivity contribution in [2.75, 3.05) is 5.73 Å². The molecule has 1 aromatic heterocycles. The smallest absolute Gasteiger partial charge is 0.234 e. The number of hydrogen-bond acceptors (Lipinski definition) is 6. The van der Waals surface area contributed by atoms with Crippen LogP contribution < -0.4 is 5.73 Å². The standard InChI is InChI=1S/C13H17N3O2S2/c1-13(2,3)10-6-4-9(5-7-10)8-20(17,18)12-16-15-11(14)19-12/h4-7H,8H2,1-3H3,(H2,14,15). The molecule has 0 aliphatic rings. The van der Waals surface area contributed by atoms with Crippen LogP contribution in [0.5, 0.6) is 0 Å². The molecule has 2 N–H and O–H groups in total. The molecule has 0 aliphatic heterocycles. The molecule has 2 rings (SSSR count). The van der Waals surface area contributed by atoms with Crippen LogP contribution in [0.2, 0.25) is 0 Å². The minimum atomic E-state index is -3.48. The van der Waals surface area contributed by atoms with Crippen LogP contribution in [0.3, 0.4) is 0 Å². The lowest BCUT2D eigenvalue weighted by molar-refractivity contribution is 0.589. The molecule has 0 bridgehead atoms. The van der Waals surface area contributed by atoms with Gasteiger partial charge in [-0.3, -0.25) is 0 Å². The molecule has 1 aromatic carbocycles. The van der Waals surface area contributed by atoms with E-state index >= 15 is 0 Å². The maximum Gasteiger partial charge on any atom is 0.234 e. The Bertz CT molecular complexity index is 698. The third-order valence-electron chi connectivity index (χ3n) is 2.86. The number of nitrogens with zero attached hydrogens (tertiary/aromatic N) is 2. The fourth-order valence-corrected chi connectivity index (χ4v) is 3.93. The summed E-state index contributed by atoms with van der Waals surface area (Å²) in [5.74, 6) is -0.0912. The molecule has 5 nitrogen and oxygen atoms in total. The Morgan fingerprint density at radius 1 is 1.15 bits per heavy atom. The van der Waals surface area contributed by atoms with Crippen molar-refractivity contribution in [3.8, 4) is 0 Å². The molecule has 2 aromatic rings. The maximum atomic E-state index is 12.1. The van der Waals surface area contributed by atoms with Crippen LogP contribution in [0.25, 0.3) is 0 Å². The number of sulfone groups is 1. The van der Waals surface area contributed by atoms with E-state index in [2.05, 4.69) is 31.0 Å². The Labute approximate surface area is 122 Å². The van der Waals surface area contributed by atoms with Crippen molar-refractivity contribution in [1.82, 2.24) is 10.2 Å². The molecule has 7 heteroatoms. The summed E-state index contributed by atoms with van der Waals surface area (Å²) >= 11 is 0.889. The Kier molecular flexibility index (Phi) is 3.84. The third-order valence-corrected chi connectivity index (χ3v) is 5.75. The summed E-state index contributed by atoms with van der Waals surface area (Å²) in [5.41, 5.74) is 7.36. The van der Waals surface area contributed by atoms with Gasteiger partial charge in [0.1, 0.15) is 0 Å². The van der Waals surface area contributed by atoms with E-state index in [1.165, 1.54) is 5.56 Å². The summed E-state index contributed by atoms with van der Waals surface area (Å²) in [4.78, 5) is 0. The zero-order valence-electron chi connectivity index (χ0n) is 11.6. The Balaban J connectivity index is 2.22. The number of benzene rings is 1. The lowest BCUT2D eigenvalue weighted by atomic mass is 9.87. The molecule has 1 heterocycles. The van der Waals surface area contributed by atoms with E-state index in [0.29, 0.717) is 0 Å². The van der Waals surface area contributed by atoms with Gasteiger partial charge in [0.25, 0.3) is 0 Å². The first kappa shape index (κ1) is 14.9. The van der Waals surface area contributed by atoms with Gasteiger partial charge >= 0.3 is 0 Å². The van der Waals surface area contributed by atoms with Crippen LogP contribution in [-0.4, -0.2) is 18.6 Å². The highest BCUT2D eigenvalue weighted by Gasteiger charge is 2.21. The van der Waals surface area contributed by atoms with Gasteiger partial charge in [0.05, 0.1) is 5.75 Å². The van der Waals surface area contributed by atoms with Crippen molar-refractivity contribution in [3.05, 3.63) is 35.4 Å². The van der Waals surface area contributed by atoms with E-state index in [4.69, 9.17) is 5.73 Å². The van der Waals surface area contributed by atoms with Crippen LogP contribution in [0, 0.1) is 0 Å². The van der Waals surface area contributed by atoms with Gasteiger partial charge in [0, 0.05) is 0 Å². The minimum Gasteiger partial charge on any atom is -0.374 e. The minimum absolute atomic E-state index is 0.0325. The van der Waals surface area contributed by atoms with Gasteiger partial charge in [-0.15, -0.1) is 10.2 Å². The van der Waals surface area contributed by atoms with E-state index in [9.17, 15) is 8.42 Å². The lowest BCUT2D eigenvalue weighted by Crippen LogP contribution is -2.11. The predicted octanol–water partition coefficient (Wildman–Crippen LogP) is 2.39. The lowest BCUT2D eigenvalue weighted by Gasteiger charge is -2.19. The molecule has 0 radical (unpaired) electrons. The molecular formula is C13H17N3O2S2. The zero-order chi connectivity index (χ0) is 15.0. The molecule has 0 saturated carbocycles. The second kappa shape index (κ2) is 5.14. The van der Waals surface area contributed by atoms with Crippen LogP contribution in [0.1, 0.15) is 31.9 Å². The number of hydrogen-bond donors (Lipinski definition) is 1. The van der Waals surface area contributed by atoms with E-state index in [-0.39, 0.29) is 20.6 Å². The van der Waals surface area contributed by atoms with Crippen molar-refractivity contribution in [1.29, 1.82) is 0 Å². The summed E-state index contributed by atoms with van der Waals surface area (Å²) in [5, 5.41) is 7.29. The summed E-state index contributed by atoms with van der Waals surface area (Å²) in [6, 6.07) is 7.59. The fraction of sp³-hybridized carbons (Fsp3) is 0.385. The molecule has 0 unspecified atom stereocenters. The van der Waals surface area contributed by atoms with Crippen molar-refractivity contribution in [3.63, 3.8) is 0 Å². The molecule has 0 spiro atoms. The van der Waals surface area contributed by atoms with Gasteiger partial charge < -0.3 is 5.73 Å². The Morgan fingerprint density at radius 3 is 2.20 bits per heavy atom. The Morgan fingerprint density at radius 2 is 1.75 bits per heavy atom. The van der Waals surface area contributed by atoms with E-state index in [0.717, 1.165) is 16.9 Å². The molecule has 108 valence electrons. The third kappa shape index (κ3) is 3.34. The first-order chi connectivity index (χ1) is 9.18. The average Bonchev–Trinajstić information content (AvgIpc) is 2.76. The summed E-state index contributed by atoms with van der Waals surface area (Å²) in [6.45, 7) is 6.34. The van der Waals surface area contributed by atoms with E-state index in [1.54, 1.807) is 0 Å². The number of anilines is 1. The van der Waals surface area contributed by atoms with Crippen molar-refractivity contribution in [2.24, 2.45) is 0 Å². The summed E-state index contributed by atoms with van der Waals surface area (Å²) < 4.78 is 24.3. The second-order valence-corrected chi connectivity index (χ2v) is 8.78. The van der Waals surface area contributed by atoms with Crippen molar-refractivity contribution < 1.29 is 8.42 Å². The van der Waals surface area contributed by atoms with Gasteiger partial charge in [0.2, 0.25) is 19.3 Å². The van der Waals surface area contributed by atoms with Gasteiger partial charge in [-0.05, 0) is 16.5 Å². The molecule has 20 heavy (non-hydrogen) atoms. The topological polar surface area (TPSA) is 85.9 Å². The molecular weight excluding hydrogens is 294 g/mol. The molecule has 0 aliphatic carbocycles. The van der Waals surface area contributed by atoms with E-state index < -0.39 is 9.84 Å². The van der Waals surface area contributed by atoms with Crippen LogP contribution in [-0.2, 0) is 21.0 Å². The Hall–Kier alpha value is -1.47. The second-order valence-electron chi connectivity index (χ2n) is 5.61. The highest BCUT2D eigenvalue weighted by atomic mass is 32.2. The number of nitrogen functional groups attached to an aromatic ring is 1. The largest absolute Gasteiger partial charge is 0.374 e. The number of aromatic nitrogens is 2. The van der Waals surface area contributed by atoms with E-state index in [1.807, 2.05) is 24.3 Å². The van der Waals surface area contributed by atoms with Crippen molar-refractivity contribution >= 4 is 26.3 Å². The van der Waals surface area contributed by atoms with Crippen LogP contribution in [0.4, 0.5) is 5.13 Å². The maximum absolute atomic E-state index is 12.1. The highest BCUT2D eigenvalue weighted by molar-refractivity contribution is 7.92. The predicted molar refractivity (Wildman–Crippen MR) is 80.4 cm³/mol. The molecule has 0 amide bonds. The normalized spacial score (nSPS) is 12.6. The molecule has 0 fully saturated rings. The first-order valence-electron chi connectivity index (χ1n) is 6.10. The SMILES string of the molecule is CC(C)(C)c1ccc(CS(=O)(=O)c2nnc(N)s2)cc1. The molecule has 0 saturated heterocycles. The van der Waals surface area contributed by atoms with Gasteiger partial charge in [-0.25, -0.2) is 8.42 Å². The van der Waals surface area contributed by atoms with Crippen LogP contribution >= 0.6 is 11.3 Å². The zero-order valence-corrected chi connectivity index (χ0v) is 13.3. The van der Waals surface area contributed by atoms with Gasteiger partial charge in [0.15, 0.2) is 0 Å². The number of rotatable bonds is 3. The quantitative estimate of drug-likeness (QED) is 0.940. The molecule has 0 atom stereocenters. The van der Waals surface area contributed by atoms with Gasteiger partial charge in [-0.1, -0.05) is 56.4 Å². The monoisotopic (exact) mass is 311 g/mol. The van der Waals surface area contributed by atoms with Gasteiger partial charge in [-0.2, -0.15) is 0 Å². The number of nitrogens with two attached hydrogens (primary N) is 1. The fourth-order valence-electron chi connectivity index (χ4n) is 1.73. The summed E-state index contributed by atoms with van der Waals surface area (Å²) in [6.07, 6.45) is 0. The average molecular weight is 311 g/mol.